The first-order valence-electron chi connectivity index (χ1n) is 6.65. The molecule has 5 heteroatoms. The smallest absolute Gasteiger partial charge is 0.175 e. The number of ether oxygens (including phenoxy) is 1. The lowest BCUT2D eigenvalue weighted by Gasteiger charge is -2.30. The van der Waals surface area contributed by atoms with Gasteiger partial charge in [0.25, 0.3) is 0 Å². The zero-order chi connectivity index (χ0) is 14.7. The Hall–Kier alpha value is -1.59. The minimum atomic E-state index is -0.680. The van der Waals surface area contributed by atoms with Gasteiger partial charge in [-0.25, -0.2) is 0 Å². The number of nitrogens with zero attached hydrogens (tertiary/aromatic N) is 1. The van der Waals surface area contributed by atoms with Gasteiger partial charge in [-0.3, -0.25) is 0 Å². The van der Waals surface area contributed by atoms with Crippen molar-refractivity contribution in [2.24, 2.45) is 0 Å². The highest BCUT2D eigenvalue weighted by atomic mass is 32.1. The summed E-state index contributed by atoms with van der Waals surface area (Å²) in [5.74, 6) is 0.866. The van der Waals surface area contributed by atoms with E-state index in [1.54, 1.807) is 0 Å². The number of hydrogen-bond acceptors (Lipinski definition) is 3. The van der Waals surface area contributed by atoms with E-state index >= 15 is 0 Å². The van der Waals surface area contributed by atoms with Crippen LogP contribution in [0.1, 0.15) is 26.3 Å². The second-order valence-electron chi connectivity index (χ2n) is 5.16. The van der Waals surface area contributed by atoms with Crippen LogP contribution in [-0.2, 0) is 6.54 Å². The number of hydrogen-bond donors (Lipinski definition) is 2. The summed E-state index contributed by atoms with van der Waals surface area (Å²) in [6, 6.07) is 7.96. The fraction of sp³-hybridized carbons (Fsp3) is 0.400. The van der Waals surface area contributed by atoms with Crippen molar-refractivity contribution in [2.45, 2.75) is 39.6 Å². The Balaban J connectivity index is 2.05. The van der Waals surface area contributed by atoms with Crippen LogP contribution in [0.5, 0.6) is 5.75 Å². The van der Waals surface area contributed by atoms with Crippen molar-refractivity contribution in [3.05, 3.63) is 41.6 Å². The normalized spacial score (nSPS) is 18.9. The molecule has 0 saturated heterocycles. The molecule has 1 aliphatic rings. The van der Waals surface area contributed by atoms with Gasteiger partial charge in [-0.2, -0.15) is 0 Å². The van der Waals surface area contributed by atoms with Gasteiger partial charge in [0.05, 0.1) is 6.10 Å². The van der Waals surface area contributed by atoms with Crippen LogP contribution in [0.25, 0.3) is 0 Å². The van der Waals surface area contributed by atoms with Crippen LogP contribution in [-0.4, -0.2) is 27.5 Å². The van der Waals surface area contributed by atoms with Crippen LogP contribution in [0, 0.1) is 0 Å². The van der Waals surface area contributed by atoms with Crippen LogP contribution >= 0.6 is 12.2 Å². The number of aliphatic hydroxyl groups excluding tert-OH is 1. The maximum absolute atomic E-state index is 9.64. The molecule has 1 unspecified atom stereocenters. The standard InChI is InChI=1S/C15H20N2O2S/c1-10(2)19-13-6-4-12(5-7-13)9-17-8-11(3)14(18)16-15(17)20/h4-8,10,14,18H,9H2,1-3H3,(H,16,20). The highest BCUT2D eigenvalue weighted by Gasteiger charge is 2.19. The number of benzene rings is 1. The van der Waals surface area contributed by atoms with Gasteiger partial charge in [0.15, 0.2) is 5.11 Å². The topological polar surface area (TPSA) is 44.7 Å². The van der Waals surface area contributed by atoms with Gasteiger partial charge in [-0.15, -0.1) is 0 Å². The minimum absolute atomic E-state index is 0.173. The average molecular weight is 292 g/mol. The first kappa shape index (κ1) is 14.8. The number of nitrogens with one attached hydrogen (secondary N) is 1. The van der Waals surface area contributed by atoms with E-state index in [4.69, 9.17) is 17.0 Å². The Labute approximate surface area is 125 Å². The molecule has 1 aliphatic heterocycles. The molecule has 108 valence electrons. The molecule has 0 aromatic heterocycles. The Morgan fingerprint density at radius 2 is 2.00 bits per heavy atom. The van der Waals surface area contributed by atoms with Gasteiger partial charge >= 0.3 is 0 Å². The fourth-order valence-electron chi connectivity index (χ4n) is 1.95. The van der Waals surface area contributed by atoms with E-state index < -0.39 is 6.23 Å². The Morgan fingerprint density at radius 1 is 1.35 bits per heavy atom. The number of aliphatic hydroxyl groups is 1. The molecule has 0 bridgehead atoms. The molecule has 20 heavy (non-hydrogen) atoms. The van der Waals surface area contributed by atoms with E-state index in [1.165, 1.54) is 0 Å². The van der Waals surface area contributed by atoms with Crippen molar-refractivity contribution in [1.29, 1.82) is 0 Å². The van der Waals surface area contributed by atoms with Crippen LogP contribution in [0.4, 0.5) is 0 Å². The zero-order valence-corrected chi connectivity index (χ0v) is 12.8. The molecule has 0 radical (unpaired) electrons. The molecule has 0 amide bonds. The van der Waals surface area contributed by atoms with E-state index in [-0.39, 0.29) is 6.10 Å². The van der Waals surface area contributed by atoms with Gasteiger partial charge in [0.2, 0.25) is 0 Å². The summed E-state index contributed by atoms with van der Waals surface area (Å²) >= 11 is 5.22. The lowest BCUT2D eigenvalue weighted by molar-refractivity contribution is 0.183. The monoisotopic (exact) mass is 292 g/mol. The predicted molar refractivity (Wildman–Crippen MR) is 83.2 cm³/mol. The Morgan fingerprint density at radius 3 is 2.60 bits per heavy atom. The van der Waals surface area contributed by atoms with Crippen LogP contribution in [0.15, 0.2) is 36.0 Å². The number of thiocarbonyl (C=S) groups is 1. The first-order chi connectivity index (χ1) is 9.45. The van der Waals surface area contributed by atoms with Gasteiger partial charge in [-0.05, 0) is 56.3 Å². The van der Waals surface area contributed by atoms with Crippen molar-refractivity contribution in [3.8, 4) is 5.75 Å². The van der Waals surface area contributed by atoms with Gasteiger partial charge in [0, 0.05) is 12.7 Å². The molecule has 2 N–H and O–H groups in total. The zero-order valence-electron chi connectivity index (χ0n) is 12.0. The summed E-state index contributed by atoms with van der Waals surface area (Å²) in [4.78, 5) is 1.91. The highest BCUT2D eigenvalue weighted by molar-refractivity contribution is 7.80. The quantitative estimate of drug-likeness (QED) is 0.834. The minimum Gasteiger partial charge on any atom is -0.491 e. The summed E-state index contributed by atoms with van der Waals surface area (Å²) in [7, 11) is 0. The molecular formula is C15H20N2O2S. The molecule has 0 fully saturated rings. The van der Waals surface area contributed by atoms with E-state index in [9.17, 15) is 5.11 Å². The van der Waals surface area contributed by atoms with Crippen molar-refractivity contribution in [3.63, 3.8) is 0 Å². The van der Waals surface area contributed by atoms with Crippen LogP contribution in [0.3, 0.4) is 0 Å². The lowest BCUT2D eigenvalue weighted by Crippen LogP contribution is -2.46. The van der Waals surface area contributed by atoms with Crippen molar-refractivity contribution >= 4 is 17.3 Å². The Kier molecular flexibility index (Phi) is 4.62. The fourth-order valence-corrected chi connectivity index (χ4v) is 2.18. The first-order valence-corrected chi connectivity index (χ1v) is 7.05. The van der Waals surface area contributed by atoms with Gasteiger partial charge < -0.3 is 20.1 Å². The molecule has 1 aromatic rings. The van der Waals surface area contributed by atoms with Crippen molar-refractivity contribution in [1.82, 2.24) is 10.2 Å². The van der Waals surface area contributed by atoms with Gasteiger partial charge in [0.1, 0.15) is 12.0 Å². The lowest BCUT2D eigenvalue weighted by atomic mass is 10.2. The second kappa shape index (κ2) is 6.24. The molecule has 2 rings (SSSR count). The molecule has 0 saturated carbocycles. The number of rotatable bonds is 4. The third-order valence-electron chi connectivity index (χ3n) is 2.96. The summed E-state index contributed by atoms with van der Waals surface area (Å²) in [5.41, 5.74) is 1.98. The highest BCUT2D eigenvalue weighted by Crippen LogP contribution is 2.17. The third-order valence-corrected chi connectivity index (χ3v) is 3.31. The molecule has 1 atom stereocenters. The maximum Gasteiger partial charge on any atom is 0.175 e. The average Bonchev–Trinajstić information content (AvgIpc) is 2.37. The maximum atomic E-state index is 9.64. The van der Waals surface area contributed by atoms with E-state index in [0.717, 1.165) is 16.9 Å². The SMILES string of the molecule is CC1=CN(Cc2ccc(OC(C)C)cc2)C(=S)NC1O. The molecule has 0 aliphatic carbocycles. The van der Waals surface area contributed by atoms with E-state index in [1.807, 2.05) is 56.1 Å². The molecule has 1 heterocycles. The predicted octanol–water partition coefficient (Wildman–Crippen LogP) is 2.39. The Bertz CT molecular complexity index is 511. The summed E-state index contributed by atoms with van der Waals surface area (Å²) in [6.07, 6.45) is 1.37. The second-order valence-corrected chi connectivity index (χ2v) is 5.55. The van der Waals surface area contributed by atoms with E-state index in [2.05, 4.69) is 5.32 Å². The summed E-state index contributed by atoms with van der Waals surface area (Å²) < 4.78 is 5.61. The third kappa shape index (κ3) is 3.71. The summed E-state index contributed by atoms with van der Waals surface area (Å²) in [5, 5.41) is 13.0. The molecule has 1 aromatic carbocycles. The molecule has 0 spiro atoms. The van der Waals surface area contributed by atoms with E-state index in [0.29, 0.717) is 11.7 Å². The van der Waals surface area contributed by atoms with Crippen molar-refractivity contribution < 1.29 is 9.84 Å². The van der Waals surface area contributed by atoms with Gasteiger partial charge in [-0.1, -0.05) is 12.1 Å². The van der Waals surface area contributed by atoms with Crippen LogP contribution < -0.4 is 10.1 Å². The largest absolute Gasteiger partial charge is 0.491 e. The van der Waals surface area contributed by atoms with Crippen LogP contribution in [0.2, 0.25) is 0 Å². The summed E-state index contributed by atoms with van der Waals surface area (Å²) in [6.45, 7) is 6.54. The molecular weight excluding hydrogens is 272 g/mol. The molecule has 4 nitrogen and oxygen atoms in total. The van der Waals surface area contributed by atoms with Crippen molar-refractivity contribution in [2.75, 3.05) is 0 Å².